The molecule has 0 aromatic heterocycles. The zero-order valence-electron chi connectivity index (χ0n) is 3.60. The fourth-order valence-corrected chi connectivity index (χ4v) is 0.665. The third-order valence-electron chi connectivity index (χ3n) is 0.224. The predicted molar refractivity (Wildman–Crippen MR) is 26.6 cm³/mol. The summed E-state index contributed by atoms with van der Waals surface area (Å²) in [6.45, 7) is 1.14. The first kappa shape index (κ1) is 6.99. The molecule has 0 fully saturated rings. The van der Waals surface area contributed by atoms with E-state index >= 15 is 0 Å². The molecule has 42 valence electrons. The molecule has 0 aliphatic heterocycles. The third-order valence-corrected chi connectivity index (χ3v) is 0.903. The molecule has 7 heavy (non-hydrogen) atoms. The number of hydrogen-bond donors (Lipinski definition) is 0. The number of halogens is 1. The SMILES string of the molecule is CC(=O)O[PH](=O)Cl. The van der Waals surface area contributed by atoms with Crippen LogP contribution in [-0.4, -0.2) is 5.97 Å². The van der Waals surface area contributed by atoms with Gasteiger partial charge in [0.05, 0.1) is 0 Å². The molecule has 0 amide bonds. The highest BCUT2D eigenvalue weighted by molar-refractivity contribution is 7.70. The van der Waals surface area contributed by atoms with Crippen molar-refractivity contribution in [3.8, 4) is 0 Å². The van der Waals surface area contributed by atoms with Gasteiger partial charge in [-0.3, -0.25) is 9.36 Å². The van der Waals surface area contributed by atoms with Crippen molar-refractivity contribution in [1.82, 2.24) is 0 Å². The molecule has 0 heterocycles. The lowest BCUT2D eigenvalue weighted by Gasteiger charge is -1.88. The van der Waals surface area contributed by atoms with Gasteiger partial charge in [-0.25, -0.2) is 0 Å². The maximum Gasteiger partial charge on any atom is 0.327 e. The van der Waals surface area contributed by atoms with Gasteiger partial charge >= 0.3 is 13.3 Å². The van der Waals surface area contributed by atoms with Gasteiger partial charge in [-0.15, -0.1) is 0 Å². The Morgan fingerprint density at radius 3 is 2.29 bits per heavy atom. The van der Waals surface area contributed by atoms with Crippen LogP contribution < -0.4 is 0 Å². The standard InChI is InChI=1S/C2H4ClO3P/c1-2(4)6-7(3)5/h7H,1H3. The van der Waals surface area contributed by atoms with Crippen LogP contribution in [-0.2, 0) is 13.9 Å². The minimum absolute atomic E-state index is 0.612. The maximum absolute atomic E-state index is 9.77. The predicted octanol–water partition coefficient (Wildman–Crippen LogP) is 1.18. The lowest BCUT2D eigenvalue weighted by molar-refractivity contribution is -0.131. The van der Waals surface area contributed by atoms with Crippen LogP contribution in [0.2, 0.25) is 0 Å². The van der Waals surface area contributed by atoms with Crippen LogP contribution in [0.15, 0.2) is 0 Å². The summed E-state index contributed by atoms with van der Waals surface area (Å²) in [5.41, 5.74) is 0. The van der Waals surface area contributed by atoms with Gasteiger partial charge in [0.1, 0.15) is 0 Å². The van der Waals surface area contributed by atoms with E-state index in [9.17, 15) is 9.36 Å². The Hall–Kier alpha value is -0.0100. The Bertz CT molecular complexity index is 89.1. The second-order valence-corrected chi connectivity index (χ2v) is 2.44. The van der Waals surface area contributed by atoms with E-state index in [0.717, 1.165) is 6.92 Å². The van der Waals surface area contributed by atoms with Crippen LogP contribution in [0.25, 0.3) is 0 Å². The number of hydrogen-bond acceptors (Lipinski definition) is 3. The summed E-state index contributed by atoms with van der Waals surface area (Å²) >= 11 is 4.78. The molecule has 0 spiro atoms. The van der Waals surface area contributed by atoms with Crippen LogP contribution in [0.1, 0.15) is 6.92 Å². The van der Waals surface area contributed by atoms with Crippen molar-refractivity contribution in [3.63, 3.8) is 0 Å². The molecule has 0 aliphatic carbocycles. The average molecular weight is 142 g/mol. The molecule has 0 saturated heterocycles. The molecular weight excluding hydrogens is 138 g/mol. The van der Waals surface area contributed by atoms with Gasteiger partial charge in [0.2, 0.25) is 0 Å². The highest BCUT2D eigenvalue weighted by Crippen LogP contribution is 2.27. The van der Waals surface area contributed by atoms with Crippen LogP contribution in [0.5, 0.6) is 0 Å². The van der Waals surface area contributed by atoms with E-state index in [4.69, 9.17) is 11.2 Å². The van der Waals surface area contributed by atoms with Crippen LogP contribution >= 0.6 is 18.6 Å². The minimum Gasteiger partial charge on any atom is -0.402 e. The van der Waals surface area contributed by atoms with E-state index in [-0.39, 0.29) is 0 Å². The Morgan fingerprint density at radius 2 is 2.29 bits per heavy atom. The van der Waals surface area contributed by atoms with E-state index in [1.54, 1.807) is 0 Å². The quantitative estimate of drug-likeness (QED) is 0.517. The first-order valence-electron chi connectivity index (χ1n) is 1.51. The Balaban J connectivity index is 3.32. The second-order valence-electron chi connectivity index (χ2n) is 0.831. The fourth-order valence-electron chi connectivity index (χ4n) is 0.113. The highest BCUT2D eigenvalue weighted by atomic mass is 35.7. The zero-order chi connectivity index (χ0) is 5.86. The maximum atomic E-state index is 9.77. The van der Waals surface area contributed by atoms with Crippen molar-refractivity contribution < 1.29 is 13.9 Å². The fraction of sp³-hybridized carbons (Fsp3) is 0.500. The monoisotopic (exact) mass is 142 g/mol. The second kappa shape index (κ2) is 3.05. The van der Waals surface area contributed by atoms with E-state index in [1.165, 1.54) is 0 Å². The van der Waals surface area contributed by atoms with E-state index in [0.29, 0.717) is 0 Å². The smallest absolute Gasteiger partial charge is 0.327 e. The van der Waals surface area contributed by atoms with E-state index in [2.05, 4.69) is 4.52 Å². The number of rotatable bonds is 1. The Morgan fingerprint density at radius 1 is 1.86 bits per heavy atom. The lowest BCUT2D eigenvalue weighted by Crippen LogP contribution is -1.85. The molecule has 0 bridgehead atoms. The minimum atomic E-state index is -2.56. The Kier molecular flexibility index (Phi) is 3.05. The summed E-state index contributed by atoms with van der Waals surface area (Å²) < 4.78 is 13.7. The van der Waals surface area contributed by atoms with E-state index < -0.39 is 13.3 Å². The first-order valence-corrected chi connectivity index (χ1v) is 3.83. The molecule has 0 aliphatic rings. The van der Waals surface area contributed by atoms with Crippen LogP contribution in [0.3, 0.4) is 0 Å². The summed E-state index contributed by atoms with van der Waals surface area (Å²) in [6, 6.07) is 0. The van der Waals surface area contributed by atoms with Gasteiger partial charge in [-0.2, -0.15) is 0 Å². The number of carbonyl (C=O) groups excluding carboxylic acids is 1. The van der Waals surface area contributed by atoms with Crippen molar-refractivity contribution in [3.05, 3.63) is 0 Å². The summed E-state index contributed by atoms with van der Waals surface area (Å²) in [5, 5.41) is 0. The molecule has 0 aromatic rings. The molecular formula is C2H4ClO3P. The largest absolute Gasteiger partial charge is 0.402 e. The van der Waals surface area contributed by atoms with Crippen molar-refractivity contribution in [2.45, 2.75) is 6.92 Å². The summed E-state index contributed by atoms with van der Waals surface area (Å²) in [4.78, 5) is 9.77. The van der Waals surface area contributed by atoms with Crippen molar-refractivity contribution in [2.75, 3.05) is 0 Å². The first-order chi connectivity index (χ1) is 3.13. The third kappa shape index (κ3) is 5.99. The van der Waals surface area contributed by atoms with Crippen molar-refractivity contribution in [1.29, 1.82) is 0 Å². The molecule has 0 rings (SSSR count). The van der Waals surface area contributed by atoms with Gasteiger partial charge in [0.15, 0.2) is 0 Å². The normalized spacial score (nSPS) is 12.9. The zero-order valence-corrected chi connectivity index (χ0v) is 5.36. The average Bonchev–Trinajstić information content (AvgIpc) is 1.27. The summed E-state index contributed by atoms with van der Waals surface area (Å²) in [6.07, 6.45) is 0. The van der Waals surface area contributed by atoms with Gasteiger partial charge in [0, 0.05) is 6.92 Å². The lowest BCUT2D eigenvalue weighted by atomic mass is 10.9. The van der Waals surface area contributed by atoms with Gasteiger partial charge in [-0.05, 0) is 11.2 Å². The van der Waals surface area contributed by atoms with E-state index in [1.807, 2.05) is 0 Å². The van der Waals surface area contributed by atoms with Crippen molar-refractivity contribution >= 4 is 24.6 Å². The van der Waals surface area contributed by atoms with Gasteiger partial charge < -0.3 is 4.52 Å². The molecule has 3 nitrogen and oxygen atoms in total. The molecule has 0 aromatic carbocycles. The molecule has 1 unspecified atom stereocenters. The molecule has 5 heteroatoms. The topological polar surface area (TPSA) is 43.4 Å². The molecule has 0 N–H and O–H groups in total. The highest BCUT2D eigenvalue weighted by Gasteiger charge is 1.93. The summed E-state index contributed by atoms with van der Waals surface area (Å²) in [7, 11) is -2.56. The van der Waals surface area contributed by atoms with Crippen LogP contribution in [0.4, 0.5) is 0 Å². The van der Waals surface area contributed by atoms with Crippen LogP contribution in [0, 0.1) is 0 Å². The molecule has 0 radical (unpaired) electrons. The molecule has 1 atom stereocenters. The molecule has 0 saturated carbocycles. The van der Waals surface area contributed by atoms with Gasteiger partial charge in [-0.1, -0.05) is 0 Å². The van der Waals surface area contributed by atoms with Crippen molar-refractivity contribution in [2.24, 2.45) is 0 Å². The number of carbonyl (C=O) groups is 1. The Labute approximate surface area is 46.3 Å². The summed E-state index contributed by atoms with van der Waals surface area (Å²) in [5.74, 6) is -0.612. The van der Waals surface area contributed by atoms with Gasteiger partial charge in [0.25, 0.3) is 0 Å².